The lowest BCUT2D eigenvalue weighted by Crippen LogP contribution is -1.94. The summed E-state index contributed by atoms with van der Waals surface area (Å²) in [7, 11) is 0. The predicted molar refractivity (Wildman–Crippen MR) is 72.2 cm³/mol. The average Bonchev–Trinajstić information content (AvgIpc) is 2.98. The summed E-state index contributed by atoms with van der Waals surface area (Å²) in [6.07, 6.45) is 2.69. The highest BCUT2D eigenvalue weighted by Crippen LogP contribution is 2.17. The standard InChI is InChI=1S/C15H11N3O/c19-11-12-6-8-14(9-7-12)18-10-15(16-17-18)13-4-2-1-3-5-13/h1-11H. The third-order valence-electron chi connectivity index (χ3n) is 2.86. The van der Waals surface area contributed by atoms with Gasteiger partial charge in [0.2, 0.25) is 0 Å². The third-order valence-corrected chi connectivity index (χ3v) is 2.86. The monoisotopic (exact) mass is 249 g/mol. The van der Waals surface area contributed by atoms with Crippen molar-refractivity contribution in [3.8, 4) is 16.9 Å². The van der Waals surface area contributed by atoms with Crippen LogP contribution in [0, 0.1) is 0 Å². The second-order valence-electron chi connectivity index (χ2n) is 4.12. The van der Waals surface area contributed by atoms with Gasteiger partial charge in [0, 0.05) is 11.1 Å². The number of hydrogen-bond acceptors (Lipinski definition) is 3. The fraction of sp³-hybridized carbons (Fsp3) is 0. The van der Waals surface area contributed by atoms with Crippen LogP contribution in [0.1, 0.15) is 10.4 Å². The van der Waals surface area contributed by atoms with Crippen molar-refractivity contribution in [2.75, 3.05) is 0 Å². The van der Waals surface area contributed by atoms with E-state index in [1.165, 1.54) is 0 Å². The van der Waals surface area contributed by atoms with Gasteiger partial charge in [-0.15, -0.1) is 5.10 Å². The van der Waals surface area contributed by atoms with Gasteiger partial charge >= 0.3 is 0 Å². The molecule has 0 aliphatic carbocycles. The lowest BCUT2D eigenvalue weighted by Gasteiger charge is -1.99. The average molecular weight is 249 g/mol. The van der Waals surface area contributed by atoms with E-state index in [0.717, 1.165) is 23.2 Å². The summed E-state index contributed by atoms with van der Waals surface area (Å²) in [5.74, 6) is 0. The van der Waals surface area contributed by atoms with Crippen molar-refractivity contribution in [3.63, 3.8) is 0 Å². The molecule has 0 unspecified atom stereocenters. The fourth-order valence-corrected chi connectivity index (χ4v) is 1.84. The Morgan fingerprint density at radius 2 is 1.68 bits per heavy atom. The number of aromatic nitrogens is 3. The summed E-state index contributed by atoms with van der Waals surface area (Å²) in [6, 6.07) is 17.1. The van der Waals surface area contributed by atoms with Gasteiger partial charge in [-0.2, -0.15) is 0 Å². The molecule has 3 aromatic rings. The fourth-order valence-electron chi connectivity index (χ4n) is 1.84. The van der Waals surface area contributed by atoms with Gasteiger partial charge in [-0.3, -0.25) is 4.79 Å². The predicted octanol–water partition coefficient (Wildman–Crippen LogP) is 2.75. The van der Waals surface area contributed by atoms with Crippen molar-refractivity contribution in [3.05, 3.63) is 66.4 Å². The first-order valence-corrected chi connectivity index (χ1v) is 5.90. The summed E-state index contributed by atoms with van der Waals surface area (Å²) >= 11 is 0. The first kappa shape index (κ1) is 11.3. The minimum atomic E-state index is 0.646. The number of carbonyl (C=O) groups is 1. The molecule has 0 saturated carbocycles. The number of nitrogens with zero attached hydrogens (tertiary/aromatic N) is 3. The molecule has 3 rings (SSSR count). The van der Waals surface area contributed by atoms with Crippen LogP contribution in [0.2, 0.25) is 0 Å². The van der Waals surface area contributed by atoms with Crippen molar-refractivity contribution in [2.24, 2.45) is 0 Å². The quantitative estimate of drug-likeness (QED) is 0.670. The molecule has 0 amide bonds. The number of benzene rings is 2. The number of aldehydes is 1. The van der Waals surface area contributed by atoms with Crippen LogP contribution in [0.3, 0.4) is 0 Å². The van der Waals surface area contributed by atoms with E-state index in [1.807, 2.05) is 48.7 Å². The van der Waals surface area contributed by atoms with Crippen molar-refractivity contribution >= 4 is 6.29 Å². The lowest BCUT2D eigenvalue weighted by atomic mass is 10.2. The topological polar surface area (TPSA) is 47.8 Å². The molecule has 0 N–H and O–H groups in total. The van der Waals surface area contributed by atoms with Crippen molar-refractivity contribution in [1.29, 1.82) is 0 Å². The maximum atomic E-state index is 10.6. The molecule has 92 valence electrons. The first-order chi connectivity index (χ1) is 9.36. The zero-order chi connectivity index (χ0) is 13.1. The third kappa shape index (κ3) is 2.28. The normalized spacial score (nSPS) is 10.3. The summed E-state index contributed by atoms with van der Waals surface area (Å²) in [5.41, 5.74) is 3.37. The summed E-state index contributed by atoms with van der Waals surface area (Å²) in [6.45, 7) is 0. The lowest BCUT2D eigenvalue weighted by molar-refractivity contribution is 0.112. The van der Waals surface area contributed by atoms with E-state index >= 15 is 0 Å². The van der Waals surface area contributed by atoms with Crippen LogP contribution in [0.5, 0.6) is 0 Å². The van der Waals surface area contributed by atoms with Crippen LogP contribution < -0.4 is 0 Å². The summed E-state index contributed by atoms with van der Waals surface area (Å²) in [5, 5.41) is 8.25. The Kier molecular flexibility index (Phi) is 2.90. The molecule has 0 atom stereocenters. The first-order valence-electron chi connectivity index (χ1n) is 5.90. The molecular weight excluding hydrogens is 238 g/mol. The van der Waals surface area contributed by atoms with Crippen molar-refractivity contribution < 1.29 is 4.79 Å². The number of hydrogen-bond donors (Lipinski definition) is 0. The highest BCUT2D eigenvalue weighted by Gasteiger charge is 2.04. The molecule has 1 aromatic heterocycles. The Bertz CT molecular complexity index is 687. The van der Waals surface area contributed by atoms with E-state index < -0.39 is 0 Å². The van der Waals surface area contributed by atoms with Gasteiger partial charge in [0.1, 0.15) is 12.0 Å². The SMILES string of the molecule is O=Cc1ccc(-n2cc(-c3ccccc3)nn2)cc1. The van der Waals surface area contributed by atoms with Gasteiger partial charge in [-0.25, -0.2) is 4.68 Å². The minimum Gasteiger partial charge on any atom is -0.298 e. The minimum absolute atomic E-state index is 0.646. The zero-order valence-corrected chi connectivity index (χ0v) is 10.1. The Morgan fingerprint density at radius 1 is 0.947 bits per heavy atom. The Balaban J connectivity index is 1.94. The van der Waals surface area contributed by atoms with Crippen LogP contribution in [-0.2, 0) is 0 Å². The zero-order valence-electron chi connectivity index (χ0n) is 10.1. The molecule has 4 heteroatoms. The van der Waals surface area contributed by atoms with Crippen molar-refractivity contribution in [2.45, 2.75) is 0 Å². The maximum absolute atomic E-state index is 10.6. The molecule has 4 nitrogen and oxygen atoms in total. The highest BCUT2D eigenvalue weighted by atomic mass is 16.1. The highest BCUT2D eigenvalue weighted by molar-refractivity contribution is 5.75. The molecule has 0 saturated heterocycles. The van der Waals surface area contributed by atoms with Gasteiger partial charge < -0.3 is 0 Å². The Morgan fingerprint density at radius 3 is 2.37 bits per heavy atom. The van der Waals surface area contributed by atoms with Gasteiger partial charge in [-0.1, -0.05) is 35.5 Å². The van der Waals surface area contributed by atoms with Crippen LogP contribution in [0.4, 0.5) is 0 Å². The van der Waals surface area contributed by atoms with Gasteiger partial charge in [0.05, 0.1) is 11.9 Å². The molecule has 0 spiro atoms. The molecule has 0 aliphatic heterocycles. The van der Waals surface area contributed by atoms with E-state index in [0.29, 0.717) is 5.56 Å². The molecule has 0 bridgehead atoms. The summed E-state index contributed by atoms with van der Waals surface area (Å²) < 4.78 is 1.69. The molecule has 0 radical (unpaired) electrons. The van der Waals surface area contributed by atoms with E-state index in [4.69, 9.17) is 0 Å². The molecule has 2 aromatic carbocycles. The van der Waals surface area contributed by atoms with E-state index in [1.54, 1.807) is 16.8 Å². The molecule has 19 heavy (non-hydrogen) atoms. The van der Waals surface area contributed by atoms with E-state index in [2.05, 4.69) is 10.3 Å². The second-order valence-corrected chi connectivity index (χ2v) is 4.12. The Labute approximate surface area is 110 Å². The number of carbonyl (C=O) groups excluding carboxylic acids is 1. The van der Waals surface area contributed by atoms with Crippen LogP contribution in [-0.4, -0.2) is 21.3 Å². The van der Waals surface area contributed by atoms with Gasteiger partial charge in [-0.05, 0) is 24.3 Å². The molecule has 0 fully saturated rings. The maximum Gasteiger partial charge on any atom is 0.150 e. The van der Waals surface area contributed by atoms with Gasteiger partial charge in [0.25, 0.3) is 0 Å². The van der Waals surface area contributed by atoms with E-state index in [-0.39, 0.29) is 0 Å². The molecule has 0 aliphatic rings. The summed E-state index contributed by atoms with van der Waals surface area (Å²) in [4.78, 5) is 10.6. The molecule has 1 heterocycles. The largest absolute Gasteiger partial charge is 0.298 e. The molecular formula is C15H11N3O. The van der Waals surface area contributed by atoms with E-state index in [9.17, 15) is 4.79 Å². The smallest absolute Gasteiger partial charge is 0.150 e. The number of rotatable bonds is 3. The Hall–Kier alpha value is -2.75. The van der Waals surface area contributed by atoms with Crippen LogP contribution in [0.15, 0.2) is 60.8 Å². The second kappa shape index (κ2) is 4.86. The van der Waals surface area contributed by atoms with Crippen molar-refractivity contribution in [1.82, 2.24) is 15.0 Å². The van der Waals surface area contributed by atoms with Crippen LogP contribution in [0.25, 0.3) is 16.9 Å². The van der Waals surface area contributed by atoms with Crippen LogP contribution >= 0.6 is 0 Å². The van der Waals surface area contributed by atoms with Gasteiger partial charge in [0.15, 0.2) is 0 Å².